The molecule has 0 spiro atoms. The number of amides is 1. The third-order valence-corrected chi connectivity index (χ3v) is 2.99. The predicted molar refractivity (Wildman–Crippen MR) is 95.4 cm³/mol. The van der Waals surface area contributed by atoms with Gasteiger partial charge in [-0.15, -0.1) is 0 Å². The maximum absolute atomic E-state index is 13.6. The summed E-state index contributed by atoms with van der Waals surface area (Å²) >= 11 is 0. The van der Waals surface area contributed by atoms with Crippen molar-refractivity contribution in [3.8, 4) is 5.75 Å². The number of rotatable bonds is 6. The standard InChI is InChI=1S/C17H27FN4O3/c1-17(2,3)25-16(23)21-9-8-20-15(19-4)22-11-12-6-7-14(24-5)13(18)10-12/h6-7,10H,8-9,11H2,1-5H3,(H,21,23)(H2,19,20,22). The van der Waals surface area contributed by atoms with E-state index in [-0.39, 0.29) is 5.75 Å². The Bertz CT molecular complexity index is 600. The van der Waals surface area contributed by atoms with Gasteiger partial charge in [0.25, 0.3) is 0 Å². The van der Waals surface area contributed by atoms with Crippen LogP contribution in [0, 0.1) is 5.82 Å². The van der Waals surface area contributed by atoms with Crippen LogP contribution in [0.1, 0.15) is 26.3 Å². The summed E-state index contributed by atoms with van der Waals surface area (Å²) in [7, 11) is 3.05. The molecule has 7 nitrogen and oxygen atoms in total. The number of alkyl carbamates (subject to hydrolysis) is 1. The normalized spacial score (nSPS) is 11.7. The van der Waals surface area contributed by atoms with Crippen molar-refractivity contribution in [2.75, 3.05) is 27.2 Å². The summed E-state index contributed by atoms with van der Waals surface area (Å²) in [6.45, 7) is 6.67. The van der Waals surface area contributed by atoms with Crippen LogP contribution in [0.5, 0.6) is 5.75 Å². The molecule has 0 saturated carbocycles. The lowest BCUT2D eigenvalue weighted by Crippen LogP contribution is -2.42. The molecule has 0 fully saturated rings. The maximum Gasteiger partial charge on any atom is 0.407 e. The van der Waals surface area contributed by atoms with Crippen LogP contribution in [0.25, 0.3) is 0 Å². The molecule has 0 heterocycles. The van der Waals surface area contributed by atoms with Crippen molar-refractivity contribution >= 4 is 12.1 Å². The smallest absolute Gasteiger partial charge is 0.407 e. The minimum atomic E-state index is -0.525. The molecule has 0 bridgehead atoms. The molecule has 0 saturated heterocycles. The molecular weight excluding hydrogens is 327 g/mol. The van der Waals surface area contributed by atoms with Gasteiger partial charge >= 0.3 is 6.09 Å². The van der Waals surface area contributed by atoms with Crippen LogP contribution in [0.2, 0.25) is 0 Å². The SMILES string of the molecule is CN=C(NCCNC(=O)OC(C)(C)C)NCc1ccc(OC)c(F)c1. The first kappa shape index (κ1) is 20.5. The molecule has 0 aromatic heterocycles. The molecule has 0 unspecified atom stereocenters. The van der Waals surface area contributed by atoms with E-state index in [9.17, 15) is 9.18 Å². The van der Waals surface area contributed by atoms with Gasteiger partial charge in [0.15, 0.2) is 17.5 Å². The third kappa shape index (κ3) is 8.23. The lowest BCUT2D eigenvalue weighted by atomic mass is 10.2. The Kier molecular flexibility index (Phi) is 7.97. The number of nitrogens with zero attached hydrogens (tertiary/aromatic N) is 1. The molecular formula is C17H27FN4O3. The largest absolute Gasteiger partial charge is 0.494 e. The van der Waals surface area contributed by atoms with Gasteiger partial charge in [0, 0.05) is 26.7 Å². The Morgan fingerprint density at radius 2 is 1.88 bits per heavy atom. The van der Waals surface area contributed by atoms with E-state index in [0.717, 1.165) is 5.56 Å². The number of hydrogen-bond donors (Lipinski definition) is 3. The van der Waals surface area contributed by atoms with Crippen LogP contribution in [0.15, 0.2) is 23.2 Å². The Morgan fingerprint density at radius 1 is 1.20 bits per heavy atom. The van der Waals surface area contributed by atoms with Crippen LogP contribution in [-0.4, -0.2) is 44.9 Å². The minimum Gasteiger partial charge on any atom is -0.494 e. The molecule has 0 aliphatic rings. The van der Waals surface area contributed by atoms with Gasteiger partial charge in [-0.05, 0) is 38.5 Å². The quantitative estimate of drug-likeness (QED) is 0.414. The first-order valence-electron chi connectivity index (χ1n) is 7.99. The highest BCUT2D eigenvalue weighted by Crippen LogP contribution is 2.17. The molecule has 0 aliphatic carbocycles. The number of aliphatic imine (C=N–C) groups is 1. The van der Waals surface area contributed by atoms with E-state index in [1.54, 1.807) is 40.0 Å². The van der Waals surface area contributed by atoms with E-state index >= 15 is 0 Å². The summed E-state index contributed by atoms with van der Waals surface area (Å²) in [5.74, 6) is 0.341. The number of carbonyl (C=O) groups excluding carboxylic acids is 1. The second-order valence-electron chi connectivity index (χ2n) is 6.25. The van der Waals surface area contributed by atoms with E-state index in [0.29, 0.717) is 25.6 Å². The van der Waals surface area contributed by atoms with Crippen molar-refractivity contribution in [2.24, 2.45) is 4.99 Å². The fourth-order valence-electron chi connectivity index (χ4n) is 1.89. The Hall–Kier alpha value is -2.51. The van der Waals surface area contributed by atoms with Gasteiger partial charge in [-0.25, -0.2) is 9.18 Å². The zero-order valence-electron chi connectivity index (χ0n) is 15.4. The number of nitrogens with one attached hydrogen (secondary N) is 3. The third-order valence-electron chi connectivity index (χ3n) is 2.99. The fourth-order valence-corrected chi connectivity index (χ4v) is 1.89. The van der Waals surface area contributed by atoms with E-state index in [1.165, 1.54) is 13.2 Å². The summed E-state index contributed by atoms with van der Waals surface area (Å²) in [5.41, 5.74) is 0.232. The van der Waals surface area contributed by atoms with Crippen molar-refractivity contribution in [3.63, 3.8) is 0 Å². The highest BCUT2D eigenvalue weighted by Gasteiger charge is 2.15. The number of halogens is 1. The zero-order valence-corrected chi connectivity index (χ0v) is 15.4. The zero-order chi connectivity index (χ0) is 18.9. The Balaban J connectivity index is 2.33. The molecule has 25 heavy (non-hydrogen) atoms. The van der Waals surface area contributed by atoms with E-state index in [4.69, 9.17) is 9.47 Å². The number of guanidine groups is 1. The van der Waals surface area contributed by atoms with Crippen molar-refractivity contribution in [3.05, 3.63) is 29.6 Å². The average Bonchev–Trinajstić information content (AvgIpc) is 2.52. The van der Waals surface area contributed by atoms with Crippen LogP contribution < -0.4 is 20.7 Å². The summed E-state index contributed by atoms with van der Waals surface area (Å²) in [4.78, 5) is 15.6. The first-order chi connectivity index (χ1) is 11.7. The summed E-state index contributed by atoms with van der Waals surface area (Å²) < 4.78 is 23.7. The van der Waals surface area contributed by atoms with E-state index in [1.807, 2.05) is 0 Å². The van der Waals surface area contributed by atoms with Gasteiger partial charge in [-0.1, -0.05) is 6.07 Å². The van der Waals surface area contributed by atoms with Crippen molar-refractivity contribution in [2.45, 2.75) is 32.9 Å². The van der Waals surface area contributed by atoms with Crippen molar-refractivity contribution in [1.82, 2.24) is 16.0 Å². The van der Waals surface area contributed by atoms with Gasteiger partial charge in [0.05, 0.1) is 7.11 Å². The van der Waals surface area contributed by atoms with Gasteiger partial charge in [0.2, 0.25) is 0 Å². The van der Waals surface area contributed by atoms with E-state index in [2.05, 4.69) is 20.9 Å². The number of benzene rings is 1. The van der Waals surface area contributed by atoms with Gasteiger partial charge in [0.1, 0.15) is 5.60 Å². The molecule has 3 N–H and O–H groups in total. The van der Waals surface area contributed by atoms with Crippen LogP contribution in [0.3, 0.4) is 0 Å². The topological polar surface area (TPSA) is 84.0 Å². The average molecular weight is 354 g/mol. The molecule has 1 aromatic rings. The lowest BCUT2D eigenvalue weighted by Gasteiger charge is -2.20. The number of carbonyl (C=O) groups is 1. The minimum absolute atomic E-state index is 0.208. The van der Waals surface area contributed by atoms with Gasteiger partial charge in [-0.2, -0.15) is 0 Å². The van der Waals surface area contributed by atoms with Gasteiger partial charge < -0.3 is 25.4 Å². The monoisotopic (exact) mass is 354 g/mol. The molecule has 1 amide bonds. The van der Waals surface area contributed by atoms with Crippen molar-refractivity contribution in [1.29, 1.82) is 0 Å². The highest BCUT2D eigenvalue weighted by atomic mass is 19.1. The molecule has 0 radical (unpaired) electrons. The summed E-state index contributed by atoms with van der Waals surface area (Å²) in [6, 6.07) is 4.75. The molecule has 1 aromatic carbocycles. The fraction of sp³-hybridized carbons (Fsp3) is 0.529. The maximum atomic E-state index is 13.6. The predicted octanol–water partition coefficient (Wildman–Crippen LogP) is 2.02. The first-order valence-corrected chi connectivity index (χ1v) is 7.99. The number of methoxy groups -OCH3 is 1. The highest BCUT2D eigenvalue weighted by molar-refractivity contribution is 5.79. The molecule has 140 valence electrons. The van der Waals surface area contributed by atoms with Crippen molar-refractivity contribution < 1.29 is 18.7 Å². The van der Waals surface area contributed by atoms with E-state index < -0.39 is 17.5 Å². The summed E-state index contributed by atoms with van der Waals surface area (Å²) in [6.07, 6.45) is -0.467. The van der Waals surface area contributed by atoms with Crippen LogP contribution in [-0.2, 0) is 11.3 Å². The van der Waals surface area contributed by atoms with Crippen LogP contribution in [0.4, 0.5) is 9.18 Å². The second kappa shape index (κ2) is 9.71. The van der Waals surface area contributed by atoms with Gasteiger partial charge in [-0.3, -0.25) is 4.99 Å². The number of ether oxygens (including phenoxy) is 2. The molecule has 1 rings (SSSR count). The lowest BCUT2D eigenvalue weighted by molar-refractivity contribution is 0.0529. The van der Waals surface area contributed by atoms with Crippen LogP contribution >= 0.6 is 0 Å². The molecule has 0 aliphatic heterocycles. The second-order valence-corrected chi connectivity index (χ2v) is 6.25. The summed E-state index contributed by atoms with van der Waals surface area (Å²) in [5, 5.41) is 8.75. The number of hydrogen-bond acceptors (Lipinski definition) is 4. The molecule has 8 heteroatoms. The Labute approximate surface area is 148 Å². The molecule has 0 atom stereocenters. The Morgan fingerprint density at radius 3 is 2.44 bits per heavy atom.